The predicted octanol–water partition coefficient (Wildman–Crippen LogP) is 4.67. The van der Waals surface area contributed by atoms with Crippen molar-refractivity contribution in [1.82, 2.24) is 4.98 Å². The molecule has 2 nitrogen and oxygen atoms in total. The van der Waals surface area contributed by atoms with Crippen LogP contribution in [0, 0.1) is 6.92 Å². The lowest BCUT2D eigenvalue weighted by atomic mass is 10.1. The molecule has 1 aromatic heterocycles. The Labute approximate surface area is 119 Å². The van der Waals surface area contributed by atoms with Crippen LogP contribution in [0.3, 0.4) is 0 Å². The number of nitrogens with one attached hydrogen (secondary N) is 1. The van der Waals surface area contributed by atoms with Gasteiger partial charge in [-0.1, -0.05) is 17.7 Å². The molecule has 0 aliphatic rings. The summed E-state index contributed by atoms with van der Waals surface area (Å²) in [6.45, 7) is 1.77. The molecule has 1 heterocycles. The van der Waals surface area contributed by atoms with Crippen molar-refractivity contribution in [2.45, 2.75) is 19.6 Å². The number of rotatable bonds is 3. The molecule has 0 bridgehead atoms. The third-order valence-corrected chi connectivity index (χ3v) is 3.22. The number of hydrogen-bond donors (Lipinski definition) is 1. The van der Waals surface area contributed by atoms with Crippen molar-refractivity contribution in [3.63, 3.8) is 0 Å². The van der Waals surface area contributed by atoms with Crippen molar-refractivity contribution in [2.75, 3.05) is 5.32 Å². The van der Waals surface area contributed by atoms with E-state index in [0.29, 0.717) is 17.3 Å². The molecule has 2 aromatic rings. The number of anilines is 1. The third kappa shape index (κ3) is 3.42. The van der Waals surface area contributed by atoms with E-state index < -0.39 is 11.7 Å². The molecule has 0 saturated carbocycles. The van der Waals surface area contributed by atoms with Crippen molar-refractivity contribution in [3.8, 4) is 0 Å². The minimum Gasteiger partial charge on any atom is -0.381 e. The van der Waals surface area contributed by atoms with E-state index in [1.807, 2.05) is 0 Å². The standard InChI is InChI=1S/C14H12ClF3N2/c1-9-2-3-11(6-12(9)14(16,17)18)20-7-10-4-5-19-8-13(10)15/h2-6,8,20H,7H2,1H3. The second-order valence-electron chi connectivity index (χ2n) is 4.35. The minimum atomic E-state index is -4.35. The first-order valence-electron chi connectivity index (χ1n) is 5.88. The van der Waals surface area contributed by atoms with Gasteiger partial charge in [0.1, 0.15) is 0 Å². The number of aromatic nitrogens is 1. The van der Waals surface area contributed by atoms with Crippen LogP contribution in [0.2, 0.25) is 5.02 Å². The van der Waals surface area contributed by atoms with E-state index >= 15 is 0 Å². The fourth-order valence-electron chi connectivity index (χ4n) is 1.78. The Morgan fingerprint density at radius 3 is 2.65 bits per heavy atom. The van der Waals surface area contributed by atoms with Crippen LogP contribution in [0.4, 0.5) is 18.9 Å². The molecule has 1 aromatic carbocycles. The van der Waals surface area contributed by atoms with Crippen LogP contribution < -0.4 is 5.32 Å². The second kappa shape index (κ2) is 5.71. The lowest BCUT2D eigenvalue weighted by molar-refractivity contribution is -0.138. The first-order valence-corrected chi connectivity index (χ1v) is 6.26. The highest BCUT2D eigenvalue weighted by Crippen LogP contribution is 2.33. The zero-order valence-corrected chi connectivity index (χ0v) is 11.4. The molecule has 0 amide bonds. The third-order valence-electron chi connectivity index (χ3n) is 2.88. The molecule has 0 aliphatic carbocycles. The van der Waals surface area contributed by atoms with Crippen molar-refractivity contribution in [1.29, 1.82) is 0 Å². The highest BCUT2D eigenvalue weighted by atomic mass is 35.5. The zero-order valence-electron chi connectivity index (χ0n) is 10.6. The highest BCUT2D eigenvalue weighted by molar-refractivity contribution is 6.31. The predicted molar refractivity (Wildman–Crippen MR) is 72.8 cm³/mol. The average molecular weight is 301 g/mol. The first kappa shape index (κ1) is 14.7. The van der Waals surface area contributed by atoms with Crippen LogP contribution >= 0.6 is 11.6 Å². The first-order chi connectivity index (χ1) is 9.38. The van der Waals surface area contributed by atoms with Crippen LogP contribution in [0.1, 0.15) is 16.7 Å². The number of halogens is 4. The molecule has 0 spiro atoms. The molecule has 6 heteroatoms. The molecule has 0 atom stereocenters. The number of nitrogens with zero attached hydrogens (tertiary/aromatic N) is 1. The summed E-state index contributed by atoms with van der Waals surface area (Å²) in [5.74, 6) is 0. The van der Waals surface area contributed by atoms with Crippen LogP contribution in [-0.2, 0) is 12.7 Å². The Morgan fingerprint density at radius 2 is 2.00 bits per heavy atom. The van der Waals surface area contributed by atoms with Gasteiger partial charge in [-0.25, -0.2) is 0 Å². The summed E-state index contributed by atoms with van der Waals surface area (Å²) >= 11 is 5.94. The molecule has 106 valence electrons. The molecule has 0 saturated heterocycles. The molecule has 0 fully saturated rings. The van der Waals surface area contributed by atoms with Gasteiger partial charge in [-0.05, 0) is 36.2 Å². The fraction of sp³-hybridized carbons (Fsp3) is 0.214. The van der Waals surface area contributed by atoms with E-state index in [-0.39, 0.29) is 5.56 Å². The maximum atomic E-state index is 12.8. The van der Waals surface area contributed by atoms with Gasteiger partial charge < -0.3 is 5.32 Å². The van der Waals surface area contributed by atoms with E-state index in [2.05, 4.69) is 10.3 Å². The summed E-state index contributed by atoms with van der Waals surface area (Å²) in [6.07, 6.45) is -1.27. The van der Waals surface area contributed by atoms with Gasteiger partial charge in [-0.3, -0.25) is 4.98 Å². The van der Waals surface area contributed by atoms with Crippen LogP contribution in [-0.4, -0.2) is 4.98 Å². The van der Waals surface area contributed by atoms with Gasteiger partial charge in [-0.15, -0.1) is 0 Å². The molecule has 20 heavy (non-hydrogen) atoms. The Hall–Kier alpha value is -1.75. The number of benzene rings is 1. The summed E-state index contributed by atoms with van der Waals surface area (Å²) in [5, 5.41) is 3.40. The molecule has 0 aliphatic heterocycles. The normalized spacial score (nSPS) is 11.4. The maximum Gasteiger partial charge on any atom is 0.416 e. The fourth-order valence-corrected chi connectivity index (χ4v) is 1.97. The van der Waals surface area contributed by atoms with E-state index in [4.69, 9.17) is 11.6 Å². The van der Waals surface area contributed by atoms with Crippen molar-refractivity contribution in [3.05, 3.63) is 58.4 Å². The Morgan fingerprint density at radius 1 is 1.25 bits per heavy atom. The molecule has 1 N–H and O–H groups in total. The Balaban J connectivity index is 2.17. The van der Waals surface area contributed by atoms with Crippen molar-refractivity contribution < 1.29 is 13.2 Å². The summed E-state index contributed by atoms with van der Waals surface area (Å²) in [7, 11) is 0. The Kier molecular flexibility index (Phi) is 4.18. The smallest absolute Gasteiger partial charge is 0.381 e. The molecular weight excluding hydrogens is 289 g/mol. The van der Waals surface area contributed by atoms with Gasteiger partial charge in [0.2, 0.25) is 0 Å². The van der Waals surface area contributed by atoms with E-state index in [0.717, 1.165) is 11.6 Å². The number of aryl methyl sites for hydroxylation is 1. The number of hydrogen-bond acceptors (Lipinski definition) is 2. The number of alkyl halides is 3. The second-order valence-corrected chi connectivity index (χ2v) is 4.76. The molecular formula is C14H12ClF3N2. The largest absolute Gasteiger partial charge is 0.416 e. The van der Waals surface area contributed by atoms with Gasteiger partial charge in [0.15, 0.2) is 0 Å². The molecule has 0 unspecified atom stereocenters. The van der Waals surface area contributed by atoms with Crippen LogP contribution in [0.15, 0.2) is 36.7 Å². The molecule has 0 radical (unpaired) electrons. The van der Waals surface area contributed by atoms with E-state index in [1.165, 1.54) is 19.2 Å². The van der Waals surface area contributed by atoms with Crippen molar-refractivity contribution in [2.24, 2.45) is 0 Å². The van der Waals surface area contributed by atoms with Crippen LogP contribution in [0.25, 0.3) is 0 Å². The lowest BCUT2D eigenvalue weighted by Gasteiger charge is -2.13. The minimum absolute atomic E-state index is 0.199. The lowest BCUT2D eigenvalue weighted by Crippen LogP contribution is -2.09. The number of pyridine rings is 1. The van der Waals surface area contributed by atoms with E-state index in [1.54, 1.807) is 18.3 Å². The summed E-state index contributed by atoms with van der Waals surface area (Å²) in [6, 6.07) is 5.87. The van der Waals surface area contributed by atoms with Crippen molar-refractivity contribution >= 4 is 17.3 Å². The molecule has 2 rings (SSSR count). The average Bonchev–Trinajstić information content (AvgIpc) is 2.38. The quantitative estimate of drug-likeness (QED) is 0.890. The summed E-state index contributed by atoms with van der Waals surface area (Å²) in [4.78, 5) is 3.85. The topological polar surface area (TPSA) is 24.9 Å². The van der Waals surface area contributed by atoms with Gasteiger partial charge in [0.25, 0.3) is 0 Å². The summed E-state index contributed by atoms with van der Waals surface area (Å²) < 4.78 is 38.4. The van der Waals surface area contributed by atoms with Gasteiger partial charge >= 0.3 is 6.18 Å². The highest BCUT2D eigenvalue weighted by Gasteiger charge is 2.32. The maximum absolute atomic E-state index is 12.8. The Bertz CT molecular complexity index is 612. The van der Waals surface area contributed by atoms with Crippen LogP contribution in [0.5, 0.6) is 0 Å². The summed E-state index contributed by atoms with van der Waals surface area (Å²) in [5.41, 5.74) is 0.736. The monoisotopic (exact) mass is 300 g/mol. The zero-order chi connectivity index (χ0) is 14.8. The van der Waals surface area contributed by atoms with E-state index in [9.17, 15) is 13.2 Å². The van der Waals surface area contributed by atoms with Gasteiger partial charge in [0, 0.05) is 24.6 Å². The van der Waals surface area contributed by atoms with Gasteiger partial charge in [0.05, 0.1) is 10.6 Å². The van der Waals surface area contributed by atoms with Gasteiger partial charge in [-0.2, -0.15) is 13.2 Å². The SMILES string of the molecule is Cc1ccc(NCc2ccncc2Cl)cc1C(F)(F)F.